The number of carbonyl (C=O) groups is 3. The molecule has 0 aliphatic carbocycles. The van der Waals surface area contributed by atoms with Crippen LogP contribution >= 0.6 is 0 Å². The Morgan fingerprint density at radius 1 is 1.08 bits per heavy atom. The maximum atomic E-state index is 12.9. The van der Waals surface area contributed by atoms with E-state index in [0.717, 1.165) is 6.42 Å². The number of nitrogens with one attached hydrogen (secondary N) is 3. The monoisotopic (exact) mass is 337 g/mol. The molecule has 0 saturated heterocycles. The van der Waals surface area contributed by atoms with Crippen molar-refractivity contribution in [2.24, 2.45) is 5.92 Å². The van der Waals surface area contributed by atoms with E-state index in [-0.39, 0.29) is 23.9 Å². The van der Waals surface area contributed by atoms with Crippen molar-refractivity contribution < 1.29 is 18.8 Å². The van der Waals surface area contributed by atoms with E-state index in [9.17, 15) is 18.8 Å². The summed E-state index contributed by atoms with van der Waals surface area (Å²) in [5.74, 6) is -1.81. The molecular weight excluding hydrogens is 313 g/mol. The zero-order chi connectivity index (χ0) is 18.1. The molecule has 0 fully saturated rings. The minimum absolute atomic E-state index is 0.144. The van der Waals surface area contributed by atoms with E-state index in [1.165, 1.54) is 24.3 Å². The summed E-state index contributed by atoms with van der Waals surface area (Å²) in [6.07, 6.45) is 0.808. The van der Waals surface area contributed by atoms with Gasteiger partial charge in [-0.3, -0.25) is 14.4 Å². The number of hydrogen-bond acceptors (Lipinski definition) is 3. The Bertz CT molecular complexity index is 573. The molecule has 1 atom stereocenters. The van der Waals surface area contributed by atoms with Gasteiger partial charge in [-0.15, -0.1) is 0 Å². The van der Waals surface area contributed by atoms with Crippen molar-refractivity contribution in [1.29, 1.82) is 0 Å². The first-order chi connectivity index (χ1) is 11.3. The van der Waals surface area contributed by atoms with Crippen LogP contribution in [0.3, 0.4) is 0 Å². The molecule has 0 radical (unpaired) electrons. The van der Waals surface area contributed by atoms with Gasteiger partial charge in [0.1, 0.15) is 11.9 Å². The summed E-state index contributed by atoms with van der Waals surface area (Å²) >= 11 is 0. The van der Waals surface area contributed by atoms with Gasteiger partial charge in [0.05, 0.1) is 6.54 Å². The normalized spacial score (nSPS) is 11.7. The lowest BCUT2D eigenvalue weighted by molar-refractivity contribution is -0.127. The lowest BCUT2D eigenvalue weighted by atomic mass is 10.0. The van der Waals surface area contributed by atoms with Crippen LogP contribution in [0.1, 0.15) is 37.6 Å². The molecule has 0 spiro atoms. The van der Waals surface area contributed by atoms with Gasteiger partial charge in [0.2, 0.25) is 11.8 Å². The van der Waals surface area contributed by atoms with Gasteiger partial charge in [-0.2, -0.15) is 0 Å². The molecule has 0 aromatic heterocycles. The zero-order valence-electron chi connectivity index (χ0n) is 14.2. The summed E-state index contributed by atoms with van der Waals surface area (Å²) in [4.78, 5) is 35.9. The zero-order valence-corrected chi connectivity index (χ0v) is 14.2. The molecule has 132 valence electrons. The van der Waals surface area contributed by atoms with Crippen LogP contribution in [0.15, 0.2) is 24.3 Å². The number of hydrogen-bond donors (Lipinski definition) is 3. The van der Waals surface area contributed by atoms with Gasteiger partial charge >= 0.3 is 0 Å². The molecule has 24 heavy (non-hydrogen) atoms. The molecule has 3 amide bonds. The molecule has 1 aromatic carbocycles. The molecule has 0 bridgehead atoms. The summed E-state index contributed by atoms with van der Waals surface area (Å²) < 4.78 is 12.9. The minimum Gasteiger partial charge on any atom is -0.355 e. The molecule has 0 saturated carbocycles. The first-order valence-corrected chi connectivity index (χ1v) is 7.96. The molecule has 7 heteroatoms. The van der Waals surface area contributed by atoms with Crippen molar-refractivity contribution in [1.82, 2.24) is 16.0 Å². The van der Waals surface area contributed by atoms with Crippen LogP contribution in [0, 0.1) is 11.7 Å². The summed E-state index contributed by atoms with van der Waals surface area (Å²) in [7, 11) is 0. The molecule has 1 unspecified atom stereocenters. The highest BCUT2D eigenvalue weighted by Gasteiger charge is 2.24. The van der Waals surface area contributed by atoms with Gasteiger partial charge in [-0.25, -0.2) is 4.39 Å². The predicted molar refractivity (Wildman–Crippen MR) is 88.8 cm³/mol. The Hall–Kier alpha value is -2.44. The van der Waals surface area contributed by atoms with Gasteiger partial charge in [0, 0.05) is 12.1 Å². The fourth-order valence-electron chi connectivity index (χ4n) is 1.97. The van der Waals surface area contributed by atoms with Gasteiger partial charge in [-0.05, 0) is 36.6 Å². The lowest BCUT2D eigenvalue weighted by Crippen LogP contribution is -2.51. The van der Waals surface area contributed by atoms with E-state index in [1.807, 2.05) is 6.92 Å². The average Bonchev–Trinajstić information content (AvgIpc) is 2.55. The van der Waals surface area contributed by atoms with E-state index in [0.29, 0.717) is 6.54 Å². The second-order valence-corrected chi connectivity index (χ2v) is 5.77. The third-order valence-corrected chi connectivity index (χ3v) is 3.34. The number of rotatable bonds is 8. The molecular formula is C17H24FN3O3. The molecule has 3 N–H and O–H groups in total. The van der Waals surface area contributed by atoms with Crippen molar-refractivity contribution in [3.05, 3.63) is 35.6 Å². The van der Waals surface area contributed by atoms with E-state index < -0.39 is 23.7 Å². The second kappa shape index (κ2) is 9.64. The average molecular weight is 337 g/mol. The van der Waals surface area contributed by atoms with Crippen LogP contribution in [0.5, 0.6) is 0 Å². The Morgan fingerprint density at radius 3 is 2.25 bits per heavy atom. The van der Waals surface area contributed by atoms with Crippen molar-refractivity contribution >= 4 is 17.7 Å². The number of halogens is 1. The summed E-state index contributed by atoms with van der Waals surface area (Å²) in [6, 6.07) is 4.26. The topological polar surface area (TPSA) is 87.3 Å². The smallest absolute Gasteiger partial charge is 0.251 e. The van der Waals surface area contributed by atoms with Crippen LogP contribution in [0.2, 0.25) is 0 Å². The highest BCUT2D eigenvalue weighted by Crippen LogP contribution is 2.06. The van der Waals surface area contributed by atoms with Crippen molar-refractivity contribution in [2.45, 2.75) is 33.2 Å². The van der Waals surface area contributed by atoms with Crippen LogP contribution in [-0.4, -0.2) is 36.9 Å². The van der Waals surface area contributed by atoms with Gasteiger partial charge in [-0.1, -0.05) is 20.8 Å². The maximum Gasteiger partial charge on any atom is 0.251 e. The van der Waals surface area contributed by atoms with Gasteiger partial charge in [0.15, 0.2) is 0 Å². The largest absolute Gasteiger partial charge is 0.355 e. The van der Waals surface area contributed by atoms with Crippen LogP contribution in [0.4, 0.5) is 4.39 Å². The van der Waals surface area contributed by atoms with E-state index in [1.54, 1.807) is 13.8 Å². The fourth-order valence-corrected chi connectivity index (χ4v) is 1.97. The third kappa shape index (κ3) is 6.36. The summed E-state index contributed by atoms with van der Waals surface area (Å²) in [6.45, 7) is 5.90. The number of carbonyl (C=O) groups excluding carboxylic acids is 3. The third-order valence-electron chi connectivity index (χ3n) is 3.34. The van der Waals surface area contributed by atoms with Crippen molar-refractivity contribution in [3.8, 4) is 0 Å². The SMILES string of the molecule is CCCNC(=O)CNC(=O)C(NC(=O)c1ccc(F)cc1)C(C)C. The van der Waals surface area contributed by atoms with Crippen LogP contribution in [0.25, 0.3) is 0 Å². The summed E-state index contributed by atoms with van der Waals surface area (Å²) in [5, 5.41) is 7.78. The summed E-state index contributed by atoms with van der Waals surface area (Å²) in [5.41, 5.74) is 0.260. The van der Waals surface area contributed by atoms with Crippen LogP contribution < -0.4 is 16.0 Å². The van der Waals surface area contributed by atoms with Gasteiger partial charge < -0.3 is 16.0 Å². The number of benzene rings is 1. The molecule has 0 heterocycles. The first kappa shape index (κ1) is 19.6. The lowest BCUT2D eigenvalue weighted by Gasteiger charge is -2.21. The molecule has 0 aliphatic rings. The maximum absolute atomic E-state index is 12.9. The molecule has 1 aromatic rings. The van der Waals surface area contributed by atoms with E-state index >= 15 is 0 Å². The standard InChI is InChI=1S/C17H24FN3O3/c1-4-9-19-14(22)10-20-17(24)15(11(2)3)21-16(23)12-5-7-13(18)8-6-12/h5-8,11,15H,4,9-10H2,1-3H3,(H,19,22)(H,20,24)(H,21,23). The Labute approximate surface area is 141 Å². The quantitative estimate of drug-likeness (QED) is 0.667. The van der Waals surface area contributed by atoms with Crippen LogP contribution in [-0.2, 0) is 9.59 Å². The second-order valence-electron chi connectivity index (χ2n) is 5.77. The Morgan fingerprint density at radius 2 is 1.71 bits per heavy atom. The van der Waals surface area contributed by atoms with Crippen molar-refractivity contribution in [2.75, 3.05) is 13.1 Å². The first-order valence-electron chi connectivity index (χ1n) is 7.96. The predicted octanol–water partition coefficient (Wildman–Crippen LogP) is 1.22. The molecule has 0 aliphatic heterocycles. The molecule has 1 rings (SSSR count). The minimum atomic E-state index is -0.790. The highest BCUT2D eigenvalue weighted by molar-refractivity contribution is 5.98. The van der Waals surface area contributed by atoms with Crippen molar-refractivity contribution in [3.63, 3.8) is 0 Å². The Kier molecular flexibility index (Phi) is 7.88. The number of amides is 3. The highest BCUT2D eigenvalue weighted by atomic mass is 19.1. The Balaban J connectivity index is 2.62. The van der Waals surface area contributed by atoms with E-state index in [2.05, 4.69) is 16.0 Å². The van der Waals surface area contributed by atoms with E-state index in [4.69, 9.17) is 0 Å². The molecule has 6 nitrogen and oxygen atoms in total. The van der Waals surface area contributed by atoms with Gasteiger partial charge in [0.25, 0.3) is 5.91 Å². The fraction of sp³-hybridized carbons (Fsp3) is 0.471.